The molecular formula is C27H24N6O2S. The summed E-state index contributed by atoms with van der Waals surface area (Å²) in [7, 11) is 0. The van der Waals surface area contributed by atoms with Gasteiger partial charge in [0.15, 0.2) is 11.5 Å². The minimum atomic E-state index is -0.681. The highest BCUT2D eigenvalue weighted by atomic mass is 32.2. The molecule has 180 valence electrons. The van der Waals surface area contributed by atoms with Gasteiger partial charge >= 0.3 is 0 Å². The lowest BCUT2D eigenvalue weighted by Crippen LogP contribution is -2.17. The van der Waals surface area contributed by atoms with Gasteiger partial charge in [-0.05, 0) is 74.7 Å². The van der Waals surface area contributed by atoms with Crippen LogP contribution in [0.1, 0.15) is 42.6 Å². The van der Waals surface area contributed by atoms with Crippen LogP contribution in [-0.2, 0) is 10.2 Å². The summed E-state index contributed by atoms with van der Waals surface area (Å²) in [5.74, 6) is 0.363. The molecule has 2 heterocycles. The van der Waals surface area contributed by atoms with Crippen molar-refractivity contribution < 1.29 is 9.59 Å². The monoisotopic (exact) mass is 496 g/mol. The van der Waals surface area contributed by atoms with E-state index in [0.29, 0.717) is 22.7 Å². The summed E-state index contributed by atoms with van der Waals surface area (Å²) in [5.41, 5.74) is 1.90. The van der Waals surface area contributed by atoms with Crippen molar-refractivity contribution in [2.45, 2.75) is 42.0 Å². The average Bonchev–Trinajstić information content (AvgIpc) is 3.65. The molecule has 5 rings (SSSR count). The fraction of sp³-hybridized carbons (Fsp3) is 0.222. The molecular weight excluding hydrogens is 472 g/mol. The van der Waals surface area contributed by atoms with Gasteiger partial charge in [0.1, 0.15) is 5.03 Å². The molecule has 0 saturated heterocycles. The molecule has 1 aliphatic rings. The number of imidazole rings is 1. The number of aromatic nitrogens is 3. The molecule has 0 radical (unpaired) electrons. The topological polar surface area (TPSA) is 112 Å². The molecule has 2 aromatic heterocycles. The Morgan fingerprint density at radius 1 is 1.08 bits per heavy atom. The number of nitrogens with one attached hydrogen (secondary N) is 2. The number of carbonyl (C=O) groups is 2. The highest BCUT2D eigenvalue weighted by Gasteiger charge is 2.30. The van der Waals surface area contributed by atoms with Crippen molar-refractivity contribution in [1.82, 2.24) is 14.6 Å². The second-order valence-corrected chi connectivity index (χ2v) is 10.4. The van der Waals surface area contributed by atoms with Crippen LogP contribution >= 0.6 is 11.8 Å². The quantitative estimate of drug-likeness (QED) is 0.360. The first kappa shape index (κ1) is 23.6. The molecule has 1 saturated carbocycles. The van der Waals surface area contributed by atoms with Crippen molar-refractivity contribution in [3.63, 3.8) is 0 Å². The Morgan fingerprint density at radius 3 is 2.67 bits per heavy atom. The number of nitriles is 1. The van der Waals surface area contributed by atoms with Crippen LogP contribution in [0.2, 0.25) is 0 Å². The summed E-state index contributed by atoms with van der Waals surface area (Å²) >= 11 is 1.45. The summed E-state index contributed by atoms with van der Waals surface area (Å²) in [6.07, 6.45) is 3.57. The first-order chi connectivity index (χ1) is 17.3. The molecule has 2 N–H and O–H groups in total. The zero-order chi connectivity index (χ0) is 25.3. The van der Waals surface area contributed by atoms with Crippen molar-refractivity contribution in [2.24, 2.45) is 5.92 Å². The fourth-order valence-electron chi connectivity index (χ4n) is 3.63. The standard InChI is InChI=1S/C27H24N6O2S/c1-27(2,16-28)19-6-3-5-18(13-19)26(35)29-20-7-4-8-21(14-20)36-24-12-11-23-30-22(15-33(23)32-24)31-25(34)17-9-10-17/h3-8,11-15,17H,9-10H2,1-2H3,(H,29,35)(H,31,34). The highest BCUT2D eigenvalue weighted by molar-refractivity contribution is 7.99. The third-order valence-electron chi connectivity index (χ3n) is 5.94. The number of nitrogens with zero attached hydrogens (tertiary/aromatic N) is 4. The number of anilines is 2. The molecule has 2 amide bonds. The van der Waals surface area contributed by atoms with Crippen molar-refractivity contribution in [3.8, 4) is 6.07 Å². The van der Waals surface area contributed by atoms with Gasteiger partial charge in [-0.25, -0.2) is 9.50 Å². The van der Waals surface area contributed by atoms with Gasteiger partial charge in [0, 0.05) is 22.1 Å². The Balaban J connectivity index is 1.28. The molecule has 4 aromatic rings. The Labute approximate surface area is 212 Å². The van der Waals surface area contributed by atoms with E-state index in [1.54, 1.807) is 28.9 Å². The van der Waals surface area contributed by atoms with Gasteiger partial charge in [-0.1, -0.05) is 30.0 Å². The number of carbonyl (C=O) groups excluding carboxylic acids is 2. The zero-order valence-corrected chi connectivity index (χ0v) is 20.7. The molecule has 0 bridgehead atoms. The SMILES string of the molecule is CC(C)(C#N)c1cccc(C(=O)Nc2cccc(Sc3ccc4nc(NC(=O)C5CC5)cn4n3)c2)c1. The van der Waals surface area contributed by atoms with Gasteiger partial charge in [0.05, 0.1) is 17.7 Å². The second-order valence-electron chi connectivity index (χ2n) is 9.27. The maximum Gasteiger partial charge on any atom is 0.255 e. The largest absolute Gasteiger partial charge is 0.322 e. The van der Waals surface area contributed by atoms with Gasteiger partial charge in [0.2, 0.25) is 5.91 Å². The van der Waals surface area contributed by atoms with Crippen LogP contribution in [0.25, 0.3) is 5.65 Å². The highest BCUT2D eigenvalue weighted by Crippen LogP contribution is 2.31. The first-order valence-electron chi connectivity index (χ1n) is 11.6. The van der Waals surface area contributed by atoms with Crippen LogP contribution in [-0.4, -0.2) is 26.4 Å². The van der Waals surface area contributed by atoms with Crippen molar-refractivity contribution in [3.05, 3.63) is 78.0 Å². The van der Waals surface area contributed by atoms with Gasteiger partial charge in [-0.15, -0.1) is 0 Å². The average molecular weight is 497 g/mol. The van der Waals surface area contributed by atoms with E-state index < -0.39 is 5.41 Å². The van der Waals surface area contributed by atoms with Gasteiger partial charge in [-0.3, -0.25) is 9.59 Å². The van der Waals surface area contributed by atoms with Crippen LogP contribution in [0.5, 0.6) is 0 Å². The van der Waals surface area contributed by atoms with Gasteiger partial charge in [0.25, 0.3) is 5.91 Å². The Hall–Kier alpha value is -4.16. The third kappa shape index (κ3) is 5.24. The molecule has 0 aliphatic heterocycles. The van der Waals surface area contributed by atoms with Crippen LogP contribution < -0.4 is 10.6 Å². The summed E-state index contributed by atoms with van der Waals surface area (Å²) < 4.78 is 1.65. The summed E-state index contributed by atoms with van der Waals surface area (Å²) in [4.78, 5) is 30.2. The Morgan fingerprint density at radius 2 is 1.89 bits per heavy atom. The Bertz CT molecular complexity index is 1520. The predicted octanol–water partition coefficient (Wildman–Crippen LogP) is 5.28. The number of benzene rings is 2. The molecule has 36 heavy (non-hydrogen) atoms. The lowest BCUT2D eigenvalue weighted by molar-refractivity contribution is -0.117. The maximum absolute atomic E-state index is 12.9. The van der Waals surface area contributed by atoms with E-state index >= 15 is 0 Å². The minimum absolute atomic E-state index is 0.00682. The van der Waals surface area contributed by atoms with Crippen LogP contribution in [0, 0.1) is 17.2 Å². The summed E-state index contributed by atoms with van der Waals surface area (Å²) in [6.45, 7) is 3.65. The smallest absolute Gasteiger partial charge is 0.255 e. The van der Waals surface area contributed by atoms with Crippen molar-refractivity contribution in [1.29, 1.82) is 5.26 Å². The zero-order valence-electron chi connectivity index (χ0n) is 19.9. The number of rotatable bonds is 7. The molecule has 0 spiro atoms. The number of amides is 2. The molecule has 8 nitrogen and oxygen atoms in total. The lowest BCUT2D eigenvalue weighted by atomic mass is 9.85. The van der Waals surface area contributed by atoms with E-state index in [4.69, 9.17) is 0 Å². The van der Waals surface area contributed by atoms with Crippen molar-refractivity contribution in [2.75, 3.05) is 10.6 Å². The van der Waals surface area contributed by atoms with E-state index in [2.05, 4.69) is 26.8 Å². The molecule has 1 aliphatic carbocycles. The number of hydrogen-bond acceptors (Lipinski definition) is 6. The van der Waals surface area contributed by atoms with Crippen LogP contribution in [0.3, 0.4) is 0 Å². The van der Waals surface area contributed by atoms with E-state index in [0.717, 1.165) is 28.3 Å². The molecule has 0 unspecified atom stereocenters. The van der Waals surface area contributed by atoms with E-state index in [1.165, 1.54) is 11.8 Å². The fourth-order valence-corrected chi connectivity index (χ4v) is 4.47. The molecule has 0 atom stereocenters. The first-order valence-corrected chi connectivity index (χ1v) is 12.4. The van der Waals surface area contributed by atoms with Crippen LogP contribution in [0.15, 0.2) is 76.8 Å². The number of hydrogen-bond donors (Lipinski definition) is 2. The summed E-state index contributed by atoms with van der Waals surface area (Å²) in [5, 5.41) is 20.5. The summed E-state index contributed by atoms with van der Waals surface area (Å²) in [6, 6.07) is 20.6. The second kappa shape index (κ2) is 9.47. The van der Waals surface area contributed by atoms with Gasteiger partial charge < -0.3 is 10.6 Å². The van der Waals surface area contributed by atoms with Crippen LogP contribution in [0.4, 0.5) is 11.5 Å². The maximum atomic E-state index is 12.9. The molecule has 1 fully saturated rings. The predicted molar refractivity (Wildman–Crippen MR) is 138 cm³/mol. The number of fused-ring (bicyclic) bond motifs is 1. The lowest BCUT2D eigenvalue weighted by Gasteiger charge is -2.16. The Kier molecular flexibility index (Phi) is 6.20. The minimum Gasteiger partial charge on any atom is -0.322 e. The normalized spacial score (nSPS) is 13.2. The van der Waals surface area contributed by atoms with E-state index in [9.17, 15) is 14.9 Å². The van der Waals surface area contributed by atoms with E-state index in [-0.39, 0.29) is 17.7 Å². The van der Waals surface area contributed by atoms with Gasteiger partial charge in [-0.2, -0.15) is 10.4 Å². The molecule has 9 heteroatoms. The molecule has 2 aromatic carbocycles. The van der Waals surface area contributed by atoms with Crippen molar-refractivity contribution >= 4 is 40.7 Å². The third-order valence-corrected chi connectivity index (χ3v) is 6.85. The van der Waals surface area contributed by atoms with E-state index in [1.807, 2.05) is 56.3 Å².